The fraction of sp³-hybridized carbons (Fsp3) is 0.269. The zero-order chi connectivity index (χ0) is 25.5. The molecular formula is C26H29N3O6. The number of nitrogens with zero attached hydrogens (tertiary/aromatic N) is 1. The Kier molecular flexibility index (Phi) is 8.14. The second-order valence-corrected chi connectivity index (χ2v) is 8.06. The lowest BCUT2D eigenvalue weighted by Gasteiger charge is -2.20. The summed E-state index contributed by atoms with van der Waals surface area (Å²) in [4.78, 5) is 37.5. The first-order chi connectivity index (χ1) is 16.7. The third-order valence-electron chi connectivity index (χ3n) is 5.39. The van der Waals surface area contributed by atoms with Gasteiger partial charge in [0.1, 0.15) is 17.2 Å². The van der Waals surface area contributed by atoms with Gasteiger partial charge in [0.15, 0.2) is 5.69 Å². The van der Waals surface area contributed by atoms with Crippen LogP contribution in [0.4, 0.5) is 10.5 Å². The van der Waals surface area contributed by atoms with Crippen molar-refractivity contribution in [1.29, 1.82) is 0 Å². The Morgan fingerprint density at radius 2 is 1.77 bits per heavy atom. The normalized spacial score (nSPS) is 11.4. The monoisotopic (exact) mass is 479 g/mol. The van der Waals surface area contributed by atoms with E-state index in [0.29, 0.717) is 22.8 Å². The summed E-state index contributed by atoms with van der Waals surface area (Å²) in [7, 11) is 1.53. The molecule has 1 aromatic heterocycles. The van der Waals surface area contributed by atoms with Gasteiger partial charge in [-0.2, -0.15) is 0 Å². The molecule has 1 atom stereocenters. The molecule has 3 N–H and O–H groups in total. The second kappa shape index (κ2) is 11.2. The minimum absolute atomic E-state index is 0.146. The number of hydrogen-bond donors (Lipinski definition) is 3. The van der Waals surface area contributed by atoms with E-state index in [4.69, 9.17) is 9.47 Å². The summed E-state index contributed by atoms with van der Waals surface area (Å²) >= 11 is 0. The van der Waals surface area contributed by atoms with Gasteiger partial charge < -0.3 is 29.8 Å². The molecule has 3 rings (SSSR count). The molecule has 1 heterocycles. The summed E-state index contributed by atoms with van der Waals surface area (Å²) in [5.74, 6) is 0.312. The number of esters is 1. The van der Waals surface area contributed by atoms with Crippen molar-refractivity contribution in [3.05, 3.63) is 81.8 Å². The van der Waals surface area contributed by atoms with E-state index in [-0.39, 0.29) is 24.5 Å². The van der Waals surface area contributed by atoms with Gasteiger partial charge in [-0.25, -0.2) is 4.79 Å². The summed E-state index contributed by atoms with van der Waals surface area (Å²) in [6.45, 7) is 5.53. The Labute approximate surface area is 203 Å². The minimum Gasteiger partial charge on any atom is -0.505 e. The molecule has 9 heteroatoms. The molecule has 0 aliphatic rings. The minimum atomic E-state index is -0.785. The third kappa shape index (κ3) is 6.63. The summed E-state index contributed by atoms with van der Waals surface area (Å²) in [5, 5.41) is 15.2. The first-order valence-electron chi connectivity index (χ1n) is 11.1. The number of carbonyl (C=O) groups is 2. The first kappa shape index (κ1) is 25.4. The summed E-state index contributed by atoms with van der Waals surface area (Å²) in [5.41, 5.74) is 1.41. The largest absolute Gasteiger partial charge is 0.505 e. The zero-order valence-corrected chi connectivity index (χ0v) is 20.1. The smallest absolute Gasteiger partial charge is 0.319 e. The van der Waals surface area contributed by atoms with E-state index in [1.54, 1.807) is 38.1 Å². The van der Waals surface area contributed by atoms with Gasteiger partial charge in [-0.05, 0) is 50.6 Å². The Hall–Kier alpha value is -4.27. The molecule has 1 unspecified atom stereocenters. The lowest BCUT2D eigenvalue weighted by molar-refractivity contribution is -0.143. The number of rotatable bonds is 8. The number of anilines is 1. The molecule has 9 nitrogen and oxygen atoms in total. The molecule has 2 aromatic carbocycles. The van der Waals surface area contributed by atoms with Crippen LogP contribution in [0.1, 0.15) is 36.2 Å². The summed E-state index contributed by atoms with van der Waals surface area (Å²) in [6.07, 6.45) is -0.146. The van der Waals surface area contributed by atoms with Crippen LogP contribution >= 0.6 is 0 Å². The van der Waals surface area contributed by atoms with E-state index >= 15 is 0 Å². The average Bonchev–Trinajstić information content (AvgIpc) is 2.82. The van der Waals surface area contributed by atoms with E-state index in [1.807, 2.05) is 31.2 Å². The molecule has 0 aliphatic carbocycles. The van der Waals surface area contributed by atoms with Gasteiger partial charge in [0.05, 0.1) is 19.1 Å². The average molecular weight is 480 g/mol. The highest BCUT2D eigenvalue weighted by Gasteiger charge is 2.22. The van der Waals surface area contributed by atoms with Gasteiger partial charge in [-0.15, -0.1) is 0 Å². The van der Waals surface area contributed by atoms with Crippen molar-refractivity contribution in [2.45, 2.75) is 33.2 Å². The fourth-order valence-corrected chi connectivity index (χ4v) is 3.41. The van der Waals surface area contributed by atoms with Gasteiger partial charge >= 0.3 is 12.0 Å². The van der Waals surface area contributed by atoms with Crippen LogP contribution < -0.4 is 20.9 Å². The van der Waals surface area contributed by atoms with Gasteiger partial charge in [-0.1, -0.05) is 29.8 Å². The lowest BCUT2D eigenvalue weighted by Crippen LogP contribution is -2.36. The van der Waals surface area contributed by atoms with Crippen molar-refractivity contribution in [3.63, 3.8) is 0 Å². The maximum absolute atomic E-state index is 12.8. The Morgan fingerprint density at radius 1 is 1.06 bits per heavy atom. The van der Waals surface area contributed by atoms with E-state index in [9.17, 15) is 19.5 Å². The van der Waals surface area contributed by atoms with Gasteiger partial charge in [0.2, 0.25) is 0 Å². The number of aromatic hydroxyl groups is 1. The molecule has 184 valence electrons. The SMILES string of the molecule is CCOC(=O)CC(NC(=O)Nc1c(O)cc(C)n(C)c1=O)c1cccc(Oc2ccc(C)cc2)c1. The summed E-state index contributed by atoms with van der Waals surface area (Å²) in [6, 6.07) is 14.3. The highest BCUT2D eigenvalue weighted by atomic mass is 16.5. The van der Waals surface area contributed by atoms with Crippen molar-refractivity contribution in [2.24, 2.45) is 7.05 Å². The Balaban J connectivity index is 1.83. The second-order valence-electron chi connectivity index (χ2n) is 8.06. The molecular weight excluding hydrogens is 450 g/mol. The number of benzene rings is 2. The number of amides is 2. The van der Waals surface area contributed by atoms with Crippen LogP contribution in [0.5, 0.6) is 17.2 Å². The third-order valence-corrected chi connectivity index (χ3v) is 5.39. The van der Waals surface area contributed by atoms with Crippen LogP contribution in [-0.4, -0.2) is 28.3 Å². The number of urea groups is 1. The highest BCUT2D eigenvalue weighted by molar-refractivity contribution is 5.91. The topological polar surface area (TPSA) is 119 Å². The number of ether oxygens (including phenoxy) is 2. The predicted octanol–water partition coefficient (Wildman–Crippen LogP) is 4.32. The fourth-order valence-electron chi connectivity index (χ4n) is 3.41. The van der Waals surface area contributed by atoms with Crippen molar-refractivity contribution in [1.82, 2.24) is 9.88 Å². The number of nitrogens with one attached hydrogen (secondary N) is 2. The number of hydrogen-bond acceptors (Lipinski definition) is 6. The lowest BCUT2D eigenvalue weighted by atomic mass is 10.0. The first-order valence-corrected chi connectivity index (χ1v) is 11.1. The molecule has 35 heavy (non-hydrogen) atoms. The van der Waals surface area contributed by atoms with Crippen LogP contribution in [-0.2, 0) is 16.6 Å². The van der Waals surface area contributed by atoms with Gasteiger partial charge in [0, 0.05) is 18.8 Å². The van der Waals surface area contributed by atoms with E-state index < -0.39 is 23.6 Å². The number of aryl methyl sites for hydroxylation is 2. The molecule has 0 radical (unpaired) electrons. The van der Waals surface area contributed by atoms with Crippen molar-refractivity contribution in [2.75, 3.05) is 11.9 Å². The molecule has 0 saturated carbocycles. The summed E-state index contributed by atoms with van der Waals surface area (Å²) < 4.78 is 12.3. The standard InChI is InChI=1S/C26H29N3O6/c1-5-34-23(31)15-21(27-26(33)28-24-22(30)13-17(3)29(4)25(24)32)18-7-6-8-20(14-18)35-19-11-9-16(2)10-12-19/h6-14,21,30H,5,15H2,1-4H3,(H2,27,28,33). The number of aromatic nitrogens is 1. The quantitative estimate of drug-likeness (QED) is 0.414. The predicted molar refractivity (Wildman–Crippen MR) is 132 cm³/mol. The Bertz CT molecular complexity index is 1270. The van der Waals surface area contributed by atoms with Crippen LogP contribution in [0.15, 0.2) is 59.4 Å². The maximum atomic E-state index is 12.8. The van der Waals surface area contributed by atoms with Crippen LogP contribution in [0.2, 0.25) is 0 Å². The van der Waals surface area contributed by atoms with Crippen LogP contribution in [0.25, 0.3) is 0 Å². The van der Waals surface area contributed by atoms with E-state index in [0.717, 1.165) is 5.56 Å². The zero-order valence-electron chi connectivity index (χ0n) is 20.1. The number of carbonyl (C=O) groups excluding carboxylic acids is 2. The molecule has 0 bridgehead atoms. The van der Waals surface area contributed by atoms with E-state index in [2.05, 4.69) is 10.6 Å². The highest BCUT2D eigenvalue weighted by Crippen LogP contribution is 2.27. The Morgan fingerprint density at radius 3 is 2.46 bits per heavy atom. The molecule has 0 fully saturated rings. The molecule has 0 spiro atoms. The van der Waals surface area contributed by atoms with Crippen molar-refractivity contribution in [3.8, 4) is 17.2 Å². The molecule has 0 aliphatic heterocycles. The van der Waals surface area contributed by atoms with Gasteiger partial charge in [0.25, 0.3) is 5.56 Å². The van der Waals surface area contributed by atoms with Crippen molar-refractivity contribution < 1.29 is 24.2 Å². The number of pyridine rings is 1. The molecule has 0 saturated heterocycles. The van der Waals surface area contributed by atoms with Crippen LogP contribution in [0.3, 0.4) is 0 Å². The molecule has 3 aromatic rings. The maximum Gasteiger partial charge on any atom is 0.319 e. The van der Waals surface area contributed by atoms with Crippen molar-refractivity contribution >= 4 is 17.7 Å². The van der Waals surface area contributed by atoms with Crippen LogP contribution in [0, 0.1) is 13.8 Å². The van der Waals surface area contributed by atoms with E-state index in [1.165, 1.54) is 17.7 Å². The molecule has 2 amide bonds. The van der Waals surface area contributed by atoms with Gasteiger partial charge in [-0.3, -0.25) is 9.59 Å².